The molecule has 0 radical (unpaired) electrons. The number of hydrogen-bond acceptors (Lipinski definition) is 3. The predicted octanol–water partition coefficient (Wildman–Crippen LogP) is 3.49. The van der Waals surface area contributed by atoms with Crippen LogP contribution in [0.25, 0.3) is 0 Å². The summed E-state index contributed by atoms with van der Waals surface area (Å²) in [6.07, 6.45) is 1.20. The molecule has 2 aromatic rings. The number of benzene rings is 1. The monoisotopic (exact) mass is 337 g/mol. The van der Waals surface area contributed by atoms with E-state index < -0.39 is 0 Å². The Hall–Kier alpha value is -1.33. The number of halogens is 2. The highest BCUT2D eigenvalue weighted by molar-refractivity contribution is 9.10. The van der Waals surface area contributed by atoms with Crippen LogP contribution in [0.1, 0.15) is 35.5 Å². The largest absolute Gasteiger partial charge is 0.324 e. The molecule has 1 unspecified atom stereocenters. The Kier molecular flexibility index (Phi) is 4.83. The van der Waals surface area contributed by atoms with Gasteiger partial charge < -0.3 is 5.73 Å². The van der Waals surface area contributed by atoms with Crippen molar-refractivity contribution in [2.24, 2.45) is 5.73 Å². The molecule has 0 aliphatic carbocycles. The number of aromatic nitrogens is 2. The molecule has 1 heterocycles. The third-order valence-electron chi connectivity index (χ3n) is 3.21. The highest BCUT2D eigenvalue weighted by Gasteiger charge is 2.15. The number of hydrogen-bond donors (Lipinski definition) is 1. The molecular weight excluding hydrogens is 321 g/mol. The topological polar surface area (TPSA) is 51.8 Å². The molecule has 5 heteroatoms. The highest BCUT2D eigenvalue weighted by Crippen LogP contribution is 2.23. The molecule has 20 heavy (non-hydrogen) atoms. The van der Waals surface area contributed by atoms with Gasteiger partial charge in [-0.15, -0.1) is 0 Å². The SMILES string of the molecule is CCc1nnc(C)cc1C(N)Cc1cc(Br)ccc1F. The lowest BCUT2D eigenvalue weighted by Crippen LogP contribution is -2.17. The average Bonchev–Trinajstić information content (AvgIpc) is 2.42. The van der Waals surface area contributed by atoms with Crippen molar-refractivity contribution in [1.29, 1.82) is 0 Å². The molecule has 3 nitrogen and oxygen atoms in total. The molecule has 0 amide bonds. The summed E-state index contributed by atoms with van der Waals surface area (Å²) in [6, 6.07) is 6.54. The summed E-state index contributed by atoms with van der Waals surface area (Å²) < 4.78 is 14.7. The first-order valence-electron chi connectivity index (χ1n) is 6.54. The van der Waals surface area contributed by atoms with Crippen LogP contribution < -0.4 is 5.73 Å². The first-order chi connectivity index (χ1) is 9.51. The Morgan fingerprint density at radius 1 is 1.30 bits per heavy atom. The van der Waals surface area contributed by atoms with Crippen molar-refractivity contribution >= 4 is 15.9 Å². The van der Waals surface area contributed by atoms with Gasteiger partial charge in [0.05, 0.1) is 11.4 Å². The quantitative estimate of drug-likeness (QED) is 0.928. The normalized spacial score (nSPS) is 12.4. The average molecular weight is 338 g/mol. The van der Waals surface area contributed by atoms with Crippen LogP contribution >= 0.6 is 15.9 Å². The third kappa shape index (κ3) is 3.41. The lowest BCUT2D eigenvalue weighted by atomic mass is 9.97. The van der Waals surface area contributed by atoms with Gasteiger partial charge in [-0.2, -0.15) is 10.2 Å². The Morgan fingerprint density at radius 2 is 2.05 bits per heavy atom. The van der Waals surface area contributed by atoms with Gasteiger partial charge in [0.25, 0.3) is 0 Å². The van der Waals surface area contributed by atoms with Gasteiger partial charge >= 0.3 is 0 Å². The molecule has 0 saturated carbocycles. The zero-order valence-corrected chi connectivity index (χ0v) is 13.1. The number of nitrogens with two attached hydrogens (primary N) is 1. The maximum atomic E-state index is 13.8. The van der Waals surface area contributed by atoms with Crippen molar-refractivity contribution < 1.29 is 4.39 Å². The van der Waals surface area contributed by atoms with Crippen molar-refractivity contribution in [2.75, 3.05) is 0 Å². The first kappa shape index (κ1) is 15.1. The predicted molar refractivity (Wildman–Crippen MR) is 80.9 cm³/mol. The van der Waals surface area contributed by atoms with Gasteiger partial charge in [-0.25, -0.2) is 4.39 Å². The smallest absolute Gasteiger partial charge is 0.126 e. The van der Waals surface area contributed by atoms with Crippen molar-refractivity contribution in [2.45, 2.75) is 32.7 Å². The molecular formula is C15H17BrFN3. The van der Waals surface area contributed by atoms with Gasteiger partial charge in [0.2, 0.25) is 0 Å². The zero-order chi connectivity index (χ0) is 14.7. The third-order valence-corrected chi connectivity index (χ3v) is 3.70. The fraction of sp³-hybridized carbons (Fsp3) is 0.333. The van der Waals surface area contributed by atoms with E-state index in [-0.39, 0.29) is 11.9 Å². The van der Waals surface area contributed by atoms with E-state index in [2.05, 4.69) is 26.1 Å². The highest BCUT2D eigenvalue weighted by atomic mass is 79.9. The Bertz CT molecular complexity index is 616. The lowest BCUT2D eigenvalue weighted by molar-refractivity contribution is 0.590. The molecule has 0 saturated heterocycles. The summed E-state index contributed by atoms with van der Waals surface area (Å²) in [5.41, 5.74) is 9.48. The van der Waals surface area contributed by atoms with Crippen LogP contribution in [-0.4, -0.2) is 10.2 Å². The van der Waals surface area contributed by atoms with Gasteiger partial charge in [0.15, 0.2) is 0 Å². The van der Waals surface area contributed by atoms with Gasteiger partial charge in [-0.05, 0) is 55.2 Å². The first-order valence-corrected chi connectivity index (χ1v) is 7.33. The van der Waals surface area contributed by atoms with Crippen LogP contribution in [0.4, 0.5) is 4.39 Å². The van der Waals surface area contributed by atoms with E-state index in [1.165, 1.54) is 6.07 Å². The molecule has 106 valence electrons. The van der Waals surface area contributed by atoms with E-state index in [4.69, 9.17) is 5.73 Å². The summed E-state index contributed by atoms with van der Waals surface area (Å²) in [7, 11) is 0. The second-order valence-electron chi connectivity index (χ2n) is 4.79. The van der Waals surface area contributed by atoms with Crippen molar-refractivity contribution in [3.63, 3.8) is 0 Å². The zero-order valence-electron chi connectivity index (χ0n) is 11.5. The molecule has 0 bridgehead atoms. The van der Waals surface area contributed by atoms with Gasteiger partial charge in [-0.3, -0.25) is 0 Å². The second-order valence-corrected chi connectivity index (χ2v) is 5.70. The Morgan fingerprint density at radius 3 is 2.75 bits per heavy atom. The molecule has 1 aromatic heterocycles. The summed E-state index contributed by atoms with van der Waals surface area (Å²) in [6.45, 7) is 3.89. The van der Waals surface area contributed by atoms with E-state index in [1.54, 1.807) is 12.1 Å². The van der Waals surface area contributed by atoms with Crippen LogP contribution in [0, 0.1) is 12.7 Å². The van der Waals surface area contributed by atoms with Crippen molar-refractivity contribution in [3.05, 3.63) is 57.1 Å². The number of nitrogens with zero attached hydrogens (tertiary/aromatic N) is 2. The number of rotatable bonds is 4. The van der Waals surface area contributed by atoms with E-state index in [0.29, 0.717) is 12.0 Å². The van der Waals surface area contributed by atoms with Crippen molar-refractivity contribution in [3.8, 4) is 0 Å². The second kappa shape index (κ2) is 6.41. The van der Waals surface area contributed by atoms with Gasteiger partial charge in [0, 0.05) is 10.5 Å². The summed E-state index contributed by atoms with van der Waals surface area (Å²) in [5, 5.41) is 8.21. The summed E-state index contributed by atoms with van der Waals surface area (Å²) in [5.74, 6) is -0.236. The summed E-state index contributed by atoms with van der Waals surface area (Å²) >= 11 is 3.35. The Labute approximate surface area is 126 Å². The van der Waals surface area contributed by atoms with E-state index in [0.717, 1.165) is 27.8 Å². The molecule has 1 atom stereocenters. The maximum absolute atomic E-state index is 13.8. The van der Waals surface area contributed by atoms with Crippen LogP contribution in [0.5, 0.6) is 0 Å². The van der Waals surface area contributed by atoms with E-state index in [9.17, 15) is 4.39 Å². The standard InChI is InChI=1S/C15H17BrFN3/c1-3-15-12(6-9(2)19-20-15)14(18)8-10-7-11(16)4-5-13(10)17/h4-7,14H,3,8,18H2,1-2H3. The molecule has 2 N–H and O–H groups in total. The van der Waals surface area contributed by atoms with Gasteiger partial charge in [0.1, 0.15) is 5.82 Å². The van der Waals surface area contributed by atoms with Crippen LogP contribution in [0.3, 0.4) is 0 Å². The van der Waals surface area contributed by atoms with Crippen LogP contribution in [-0.2, 0) is 12.8 Å². The summed E-state index contributed by atoms with van der Waals surface area (Å²) in [4.78, 5) is 0. The number of aryl methyl sites for hydroxylation is 2. The molecule has 0 fully saturated rings. The molecule has 1 aromatic carbocycles. The molecule has 0 aliphatic rings. The minimum Gasteiger partial charge on any atom is -0.324 e. The lowest BCUT2D eigenvalue weighted by Gasteiger charge is -2.16. The molecule has 2 rings (SSSR count). The fourth-order valence-corrected chi connectivity index (χ4v) is 2.59. The van der Waals surface area contributed by atoms with Gasteiger partial charge in [-0.1, -0.05) is 22.9 Å². The maximum Gasteiger partial charge on any atom is 0.126 e. The Balaban J connectivity index is 2.30. The van der Waals surface area contributed by atoms with E-state index in [1.807, 2.05) is 19.9 Å². The van der Waals surface area contributed by atoms with Crippen molar-refractivity contribution in [1.82, 2.24) is 10.2 Å². The molecule has 0 aliphatic heterocycles. The van der Waals surface area contributed by atoms with Crippen LogP contribution in [0.15, 0.2) is 28.7 Å². The fourth-order valence-electron chi connectivity index (χ4n) is 2.18. The molecule has 0 spiro atoms. The minimum absolute atomic E-state index is 0.236. The van der Waals surface area contributed by atoms with E-state index >= 15 is 0 Å². The van der Waals surface area contributed by atoms with Crippen LogP contribution in [0.2, 0.25) is 0 Å². The minimum atomic E-state index is -0.289.